The predicted molar refractivity (Wildman–Crippen MR) is 108 cm³/mol. The van der Waals surface area contributed by atoms with Crippen molar-refractivity contribution in [3.05, 3.63) is 58.7 Å². The van der Waals surface area contributed by atoms with E-state index in [1.165, 1.54) is 0 Å². The number of piperidine rings is 1. The van der Waals surface area contributed by atoms with Crippen LogP contribution in [0, 0.1) is 5.92 Å². The van der Waals surface area contributed by atoms with Gasteiger partial charge in [-0.2, -0.15) is 10.1 Å². The Balaban J connectivity index is 1.35. The summed E-state index contributed by atoms with van der Waals surface area (Å²) in [6.45, 7) is 7.33. The highest BCUT2D eigenvalue weighted by Gasteiger charge is 2.22. The van der Waals surface area contributed by atoms with E-state index in [9.17, 15) is 4.79 Å². The molecule has 3 aromatic rings. The maximum Gasteiger partial charge on any atom is 0.266 e. The van der Waals surface area contributed by atoms with Crippen LogP contribution in [0.2, 0.25) is 0 Å². The number of rotatable bonds is 6. The summed E-state index contributed by atoms with van der Waals surface area (Å²) in [5, 5.41) is 8.60. The minimum atomic E-state index is -0.0580. The van der Waals surface area contributed by atoms with E-state index in [0.717, 1.165) is 43.0 Å². The van der Waals surface area contributed by atoms with Gasteiger partial charge in [-0.05, 0) is 50.0 Å². The van der Waals surface area contributed by atoms with Crippen LogP contribution >= 0.6 is 0 Å². The van der Waals surface area contributed by atoms with Crippen LogP contribution in [0.25, 0.3) is 11.3 Å². The molecule has 1 saturated heterocycles. The van der Waals surface area contributed by atoms with Crippen molar-refractivity contribution in [2.75, 3.05) is 13.1 Å². The highest BCUT2D eigenvalue weighted by atomic mass is 16.5. The van der Waals surface area contributed by atoms with Crippen molar-refractivity contribution >= 4 is 0 Å². The normalized spacial score (nSPS) is 15.8. The van der Waals surface area contributed by atoms with E-state index in [-0.39, 0.29) is 11.5 Å². The average molecular weight is 394 g/mol. The average Bonchev–Trinajstić information content (AvgIpc) is 3.21. The Hall–Kier alpha value is -2.87. The molecule has 1 aliphatic heterocycles. The third kappa shape index (κ3) is 4.76. The highest BCUT2D eigenvalue weighted by Crippen LogP contribution is 2.21. The van der Waals surface area contributed by atoms with Crippen LogP contribution in [0.1, 0.15) is 44.3 Å². The standard InChI is InChI=1S/C21H26N6O2/c1-15(2)21-23-19(29-25-21)14-26-11-7-16(8-12-26)13-27-20(28)4-3-18(24-27)17-5-9-22-10-6-17/h3-6,9-10,15-16H,7-8,11-14H2,1-2H3. The fourth-order valence-electron chi connectivity index (χ4n) is 3.59. The molecule has 3 aromatic heterocycles. The minimum absolute atomic E-state index is 0.0580. The highest BCUT2D eigenvalue weighted by molar-refractivity contribution is 5.56. The van der Waals surface area contributed by atoms with Gasteiger partial charge in [-0.15, -0.1) is 0 Å². The van der Waals surface area contributed by atoms with Crippen LogP contribution < -0.4 is 5.56 Å². The first kappa shape index (κ1) is 19.4. The molecule has 0 N–H and O–H groups in total. The van der Waals surface area contributed by atoms with E-state index in [0.29, 0.717) is 24.9 Å². The van der Waals surface area contributed by atoms with Crippen LogP contribution in [-0.4, -0.2) is 42.9 Å². The number of aromatic nitrogens is 5. The third-order valence-electron chi connectivity index (χ3n) is 5.34. The molecule has 0 saturated carbocycles. The molecule has 8 heteroatoms. The monoisotopic (exact) mass is 394 g/mol. The van der Waals surface area contributed by atoms with E-state index in [4.69, 9.17) is 4.52 Å². The van der Waals surface area contributed by atoms with Crippen molar-refractivity contribution in [3.8, 4) is 11.3 Å². The summed E-state index contributed by atoms with van der Waals surface area (Å²) in [6, 6.07) is 7.17. The Labute approximate surface area is 169 Å². The zero-order valence-corrected chi connectivity index (χ0v) is 16.9. The van der Waals surface area contributed by atoms with Gasteiger partial charge in [-0.1, -0.05) is 19.0 Å². The molecule has 152 valence electrons. The minimum Gasteiger partial charge on any atom is -0.338 e. The second-order valence-corrected chi connectivity index (χ2v) is 7.90. The van der Waals surface area contributed by atoms with Crippen LogP contribution in [0.15, 0.2) is 46.0 Å². The first-order chi connectivity index (χ1) is 14.1. The van der Waals surface area contributed by atoms with Gasteiger partial charge in [0.05, 0.1) is 12.2 Å². The number of nitrogens with zero attached hydrogens (tertiary/aromatic N) is 6. The summed E-state index contributed by atoms with van der Waals surface area (Å²) in [6.07, 6.45) is 5.49. The Morgan fingerprint density at radius 1 is 1.14 bits per heavy atom. The molecular weight excluding hydrogens is 368 g/mol. The molecule has 0 amide bonds. The van der Waals surface area contributed by atoms with Crippen molar-refractivity contribution in [1.29, 1.82) is 0 Å². The molecule has 0 spiro atoms. The fraction of sp³-hybridized carbons (Fsp3) is 0.476. The molecule has 1 aliphatic rings. The van der Waals surface area contributed by atoms with Gasteiger partial charge < -0.3 is 4.52 Å². The maximum absolute atomic E-state index is 12.3. The largest absolute Gasteiger partial charge is 0.338 e. The van der Waals surface area contributed by atoms with E-state index in [2.05, 4.69) is 39.0 Å². The van der Waals surface area contributed by atoms with Crippen LogP contribution in [0.3, 0.4) is 0 Å². The van der Waals surface area contributed by atoms with Gasteiger partial charge in [0.2, 0.25) is 5.89 Å². The van der Waals surface area contributed by atoms with Crippen molar-refractivity contribution in [1.82, 2.24) is 29.8 Å². The van der Waals surface area contributed by atoms with Crippen molar-refractivity contribution in [3.63, 3.8) is 0 Å². The van der Waals surface area contributed by atoms with Gasteiger partial charge in [0.25, 0.3) is 5.56 Å². The summed E-state index contributed by atoms with van der Waals surface area (Å²) < 4.78 is 6.96. The smallest absolute Gasteiger partial charge is 0.266 e. The molecule has 0 unspecified atom stereocenters. The lowest BCUT2D eigenvalue weighted by molar-refractivity contribution is 0.148. The molecule has 8 nitrogen and oxygen atoms in total. The Morgan fingerprint density at radius 3 is 2.59 bits per heavy atom. The fourth-order valence-corrected chi connectivity index (χ4v) is 3.59. The second-order valence-electron chi connectivity index (χ2n) is 7.90. The van der Waals surface area contributed by atoms with Crippen LogP contribution in [-0.2, 0) is 13.1 Å². The quantitative estimate of drug-likeness (QED) is 0.635. The second kappa shape index (κ2) is 8.65. The zero-order valence-electron chi connectivity index (χ0n) is 16.9. The van der Waals surface area contributed by atoms with Gasteiger partial charge >= 0.3 is 0 Å². The summed E-state index contributed by atoms with van der Waals surface area (Å²) in [5.74, 6) is 2.13. The first-order valence-corrected chi connectivity index (χ1v) is 10.1. The van der Waals surface area contributed by atoms with Gasteiger partial charge in [0.1, 0.15) is 0 Å². The number of hydrogen-bond donors (Lipinski definition) is 0. The summed E-state index contributed by atoms with van der Waals surface area (Å²) in [7, 11) is 0. The first-order valence-electron chi connectivity index (χ1n) is 10.1. The lowest BCUT2D eigenvalue weighted by atomic mass is 9.97. The summed E-state index contributed by atoms with van der Waals surface area (Å²) in [5.41, 5.74) is 1.70. The number of pyridine rings is 1. The predicted octanol–water partition coefficient (Wildman–Crippen LogP) is 2.72. The van der Waals surface area contributed by atoms with Crippen LogP contribution in [0.5, 0.6) is 0 Å². The Bertz CT molecular complexity index is 990. The van der Waals surface area contributed by atoms with Gasteiger partial charge in [0, 0.05) is 36.5 Å². The van der Waals surface area contributed by atoms with E-state index in [1.54, 1.807) is 29.2 Å². The lowest BCUT2D eigenvalue weighted by Crippen LogP contribution is -2.36. The SMILES string of the molecule is CC(C)c1noc(CN2CCC(Cn3nc(-c4ccncc4)ccc3=O)CC2)n1. The molecular formula is C21H26N6O2. The summed E-state index contributed by atoms with van der Waals surface area (Å²) in [4.78, 5) is 23.1. The van der Waals surface area contributed by atoms with Crippen molar-refractivity contribution < 1.29 is 4.52 Å². The Kier molecular flexibility index (Phi) is 5.80. The molecule has 4 rings (SSSR count). The summed E-state index contributed by atoms with van der Waals surface area (Å²) >= 11 is 0. The van der Waals surface area contributed by atoms with Gasteiger partial charge in [-0.3, -0.25) is 14.7 Å². The molecule has 4 heterocycles. The van der Waals surface area contributed by atoms with Gasteiger partial charge in [0.15, 0.2) is 5.82 Å². The van der Waals surface area contributed by atoms with E-state index in [1.807, 2.05) is 12.1 Å². The molecule has 0 atom stereocenters. The van der Waals surface area contributed by atoms with E-state index < -0.39 is 0 Å². The number of likely N-dealkylation sites (tertiary alicyclic amines) is 1. The van der Waals surface area contributed by atoms with Crippen molar-refractivity contribution in [2.45, 2.75) is 45.7 Å². The Morgan fingerprint density at radius 2 is 1.90 bits per heavy atom. The lowest BCUT2D eigenvalue weighted by Gasteiger charge is -2.30. The number of hydrogen-bond acceptors (Lipinski definition) is 7. The van der Waals surface area contributed by atoms with Crippen LogP contribution in [0.4, 0.5) is 0 Å². The third-order valence-corrected chi connectivity index (χ3v) is 5.34. The van der Waals surface area contributed by atoms with Crippen molar-refractivity contribution in [2.24, 2.45) is 5.92 Å². The molecule has 0 aliphatic carbocycles. The topological polar surface area (TPSA) is 89.9 Å². The molecule has 0 aromatic carbocycles. The molecule has 29 heavy (non-hydrogen) atoms. The maximum atomic E-state index is 12.3. The molecule has 1 fully saturated rings. The molecule has 0 radical (unpaired) electrons. The zero-order chi connectivity index (χ0) is 20.2. The van der Waals surface area contributed by atoms with E-state index >= 15 is 0 Å². The van der Waals surface area contributed by atoms with Gasteiger partial charge in [-0.25, -0.2) is 4.68 Å². The molecule has 0 bridgehead atoms.